The number of nitrogen functional groups attached to an aromatic ring is 1. The Kier molecular flexibility index (Phi) is 4.29. The van der Waals surface area contributed by atoms with Crippen LogP contribution in [0.15, 0.2) is 41.0 Å². The number of anilines is 2. The summed E-state index contributed by atoms with van der Waals surface area (Å²) < 4.78 is 27.5. The Morgan fingerprint density at radius 2 is 1.95 bits per heavy atom. The van der Waals surface area contributed by atoms with Crippen LogP contribution in [-0.2, 0) is 15.8 Å². The summed E-state index contributed by atoms with van der Waals surface area (Å²) in [4.78, 5) is 4.06. The fraction of sp³-hybridized carbons (Fsp3) is 0.154. The number of nitrogens with zero attached hydrogens (tertiary/aromatic N) is 1. The van der Waals surface area contributed by atoms with Gasteiger partial charge in [0.1, 0.15) is 5.82 Å². The summed E-state index contributed by atoms with van der Waals surface area (Å²) in [5.74, 6) is 0.216. The lowest BCUT2D eigenvalue weighted by Crippen LogP contribution is -2.16. The first-order valence-corrected chi connectivity index (χ1v) is 8.27. The second-order valence-corrected chi connectivity index (χ2v) is 7.06. The molecule has 1 heterocycles. The van der Waals surface area contributed by atoms with Crippen LogP contribution in [0.1, 0.15) is 11.1 Å². The molecule has 1 aromatic heterocycles. The topological polar surface area (TPSA) is 85.1 Å². The maximum absolute atomic E-state index is 12.1. The minimum absolute atomic E-state index is 0.121. The molecule has 0 spiro atoms. The summed E-state index contributed by atoms with van der Waals surface area (Å²) in [6.07, 6.45) is 1.55. The third kappa shape index (κ3) is 3.94. The number of nitrogens with two attached hydrogens (primary N) is 1. The number of halogens is 1. The summed E-state index contributed by atoms with van der Waals surface area (Å²) in [6.45, 7) is 1.79. The van der Waals surface area contributed by atoms with Crippen molar-refractivity contribution in [3.05, 3.63) is 52.1 Å². The average Bonchev–Trinajstić information content (AvgIpc) is 2.35. The van der Waals surface area contributed by atoms with Gasteiger partial charge < -0.3 is 5.73 Å². The summed E-state index contributed by atoms with van der Waals surface area (Å²) in [5.41, 5.74) is 7.59. The Hall–Kier alpha value is -1.60. The van der Waals surface area contributed by atoms with Crippen LogP contribution in [-0.4, -0.2) is 13.4 Å². The second kappa shape index (κ2) is 5.80. The third-order valence-electron chi connectivity index (χ3n) is 2.63. The van der Waals surface area contributed by atoms with E-state index in [0.29, 0.717) is 17.1 Å². The molecule has 0 aliphatic heterocycles. The molecule has 0 unspecified atom stereocenters. The van der Waals surface area contributed by atoms with Gasteiger partial charge in [0, 0.05) is 16.4 Å². The minimum Gasteiger partial charge on any atom is -0.399 e. The molecule has 3 N–H and O–H groups in total. The molecule has 1 aromatic carbocycles. The summed E-state index contributed by atoms with van der Waals surface area (Å²) in [6, 6.07) is 8.53. The molecule has 2 aromatic rings. The van der Waals surface area contributed by atoms with Crippen molar-refractivity contribution in [2.45, 2.75) is 12.7 Å². The lowest BCUT2D eigenvalue weighted by Gasteiger charge is -2.10. The summed E-state index contributed by atoms with van der Waals surface area (Å²) in [7, 11) is -3.50. The van der Waals surface area contributed by atoms with Crippen LogP contribution in [0.3, 0.4) is 0 Å². The Balaban J connectivity index is 2.17. The van der Waals surface area contributed by atoms with Gasteiger partial charge in [0.2, 0.25) is 10.0 Å². The van der Waals surface area contributed by atoms with Crippen LogP contribution in [0.4, 0.5) is 11.5 Å². The molecule has 0 radical (unpaired) electrons. The normalized spacial score (nSPS) is 11.3. The summed E-state index contributed by atoms with van der Waals surface area (Å²) >= 11 is 3.28. The summed E-state index contributed by atoms with van der Waals surface area (Å²) in [5, 5.41) is 0. The highest BCUT2D eigenvalue weighted by Crippen LogP contribution is 2.19. The van der Waals surface area contributed by atoms with E-state index >= 15 is 0 Å². The number of benzene rings is 1. The zero-order chi connectivity index (χ0) is 14.8. The van der Waals surface area contributed by atoms with Crippen molar-refractivity contribution in [1.29, 1.82) is 0 Å². The average molecular weight is 356 g/mol. The van der Waals surface area contributed by atoms with E-state index in [-0.39, 0.29) is 5.75 Å². The standard InChI is InChI=1S/C13H14BrN3O2S/c1-9-6-11(14)7-16-13(9)17-20(18,19)8-10-2-4-12(15)5-3-10/h2-7H,8,15H2,1H3,(H,16,17). The second-order valence-electron chi connectivity index (χ2n) is 4.42. The van der Waals surface area contributed by atoms with Crippen LogP contribution in [0.5, 0.6) is 0 Å². The van der Waals surface area contributed by atoms with Crippen LogP contribution < -0.4 is 10.5 Å². The number of hydrogen-bond donors (Lipinski definition) is 2. The number of pyridine rings is 1. The molecule has 0 saturated carbocycles. The van der Waals surface area contributed by atoms with E-state index in [0.717, 1.165) is 10.0 Å². The number of rotatable bonds is 4. The minimum atomic E-state index is -3.50. The fourth-order valence-electron chi connectivity index (χ4n) is 1.66. The van der Waals surface area contributed by atoms with E-state index in [1.165, 1.54) is 0 Å². The third-order valence-corrected chi connectivity index (χ3v) is 4.28. The molecule has 0 atom stereocenters. The molecule has 0 saturated heterocycles. The van der Waals surface area contributed by atoms with Gasteiger partial charge >= 0.3 is 0 Å². The smallest absolute Gasteiger partial charge is 0.238 e. The lowest BCUT2D eigenvalue weighted by molar-refractivity contribution is 0.600. The molecule has 5 nitrogen and oxygen atoms in total. The number of nitrogens with one attached hydrogen (secondary N) is 1. The van der Waals surface area contributed by atoms with Crippen molar-refractivity contribution in [3.8, 4) is 0 Å². The van der Waals surface area contributed by atoms with Gasteiger partial charge in [0.15, 0.2) is 0 Å². The maximum atomic E-state index is 12.1. The Morgan fingerprint density at radius 1 is 1.30 bits per heavy atom. The Labute approximate surface area is 126 Å². The molecule has 0 fully saturated rings. The quantitative estimate of drug-likeness (QED) is 0.825. The molecule has 7 heteroatoms. The van der Waals surface area contributed by atoms with Gasteiger partial charge in [-0.15, -0.1) is 0 Å². The largest absolute Gasteiger partial charge is 0.399 e. The van der Waals surface area contributed by atoms with Gasteiger partial charge in [-0.25, -0.2) is 13.4 Å². The molecule has 0 aliphatic rings. The van der Waals surface area contributed by atoms with Gasteiger partial charge in [0.25, 0.3) is 0 Å². The highest BCUT2D eigenvalue weighted by molar-refractivity contribution is 9.10. The lowest BCUT2D eigenvalue weighted by atomic mass is 10.2. The molecular formula is C13H14BrN3O2S. The molecule has 106 valence electrons. The van der Waals surface area contributed by atoms with Crippen molar-refractivity contribution < 1.29 is 8.42 Å². The Morgan fingerprint density at radius 3 is 2.55 bits per heavy atom. The van der Waals surface area contributed by atoms with Crippen molar-refractivity contribution in [3.63, 3.8) is 0 Å². The highest BCUT2D eigenvalue weighted by atomic mass is 79.9. The van der Waals surface area contributed by atoms with E-state index in [9.17, 15) is 8.42 Å². The van der Waals surface area contributed by atoms with E-state index in [1.54, 1.807) is 43.5 Å². The first kappa shape index (κ1) is 14.8. The van der Waals surface area contributed by atoms with Crippen LogP contribution in [0, 0.1) is 6.92 Å². The van der Waals surface area contributed by atoms with Crippen LogP contribution in [0.25, 0.3) is 0 Å². The van der Waals surface area contributed by atoms with E-state index in [4.69, 9.17) is 5.73 Å². The maximum Gasteiger partial charge on any atom is 0.238 e. The highest BCUT2D eigenvalue weighted by Gasteiger charge is 2.14. The number of hydrogen-bond acceptors (Lipinski definition) is 4. The van der Waals surface area contributed by atoms with Crippen LogP contribution >= 0.6 is 15.9 Å². The van der Waals surface area contributed by atoms with Crippen molar-refractivity contribution in [2.75, 3.05) is 10.5 Å². The number of sulfonamides is 1. The molecule has 0 bridgehead atoms. The predicted octanol–water partition coefficient (Wildman–Crippen LogP) is 2.68. The molecule has 2 rings (SSSR count). The molecule has 0 aliphatic carbocycles. The zero-order valence-electron chi connectivity index (χ0n) is 10.8. The number of aryl methyl sites for hydroxylation is 1. The van der Waals surface area contributed by atoms with Crippen LogP contribution in [0.2, 0.25) is 0 Å². The zero-order valence-corrected chi connectivity index (χ0v) is 13.2. The van der Waals surface area contributed by atoms with Gasteiger partial charge in [0.05, 0.1) is 5.75 Å². The molecular weight excluding hydrogens is 342 g/mol. The number of aromatic nitrogens is 1. The fourth-order valence-corrected chi connectivity index (χ4v) is 3.32. The van der Waals surface area contributed by atoms with Gasteiger partial charge in [-0.1, -0.05) is 12.1 Å². The van der Waals surface area contributed by atoms with E-state index in [1.807, 2.05) is 0 Å². The van der Waals surface area contributed by atoms with Crippen molar-refractivity contribution in [2.24, 2.45) is 0 Å². The first-order valence-electron chi connectivity index (χ1n) is 5.83. The van der Waals surface area contributed by atoms with Crippen molar-refractivity contribution in [1.82, 2.24) is 4.98 Å². The monoisotopic (exact) mass is 355 g/mol. The first-order chi connectivity index (χ1) is 9.35. The van der Waals surface area contributed by atoms with Gasteiger partial charge in [-0.05, 0) is 52.2 Å². The van der Waals surface area contributed by atoms with E-state index in [2.05, 4.69) is 25.6 Å². The molecule has 20 heavy (non-hydrogen) atoms. The molecule has 0 amide bonds. The Bertz CT molecular complexity index is 715. The van der Waals surface area contributed by atoms with Crippen molar-refractivity contribution >= 4 is 37.5 Å². The predicted molar refractivity (Wildman–Crippen MR) is 83.8 cm³/mol. The van der Waals surface area contributed by atoms with Gasteiger partial charge in [-0.3, -0.25) is 4.72 Å². The van der Waals surface area contributed by atoms with Gasteiger partial charge in [-0.2, -0.15) is 0 Å². The van der Waals surface area contributed by atoms with E-state index < -0.39 is 10.0 Å². The SMILES string of the molecule is Cc1cc(Br)cnc1NS(=O)(=O)Cc1ccc(N)cc1.